The number of fused-ring (bicyclic) bond motifs is 1. The average Bonchev–Trinajstić information content (AvgIpc) is 2.80. The number of carbonyl (C=O) groups is 1. The Morgan fingerprint density at radius 1 is 1.10 bits per heavy atom. The SMILES string of the molecule is NC(=O)c1ccc2nc(-c3cc(Cl)cc(Cl)c3)oc2c1. The van der Waals surface area contributed by atoms with Crippen molar-refractivity contribution in [3.8, 4) is 11.5 Å². The Morgan fingerprint density at radius 2 is 1.80 bits per heavy atom. The maximum absolute atomic E-state index is 11.1. The third-order valence-corrected chi connectivity index (χ3v) is 3.22. The van der Waals surface area contributed by atoms with Gasteiger partial charge in [-0.1, -0.05) is 23.2 Å². The van der Waals surface area contributed by atoms with Crippen LogP contribution in [0.15, 0.2) is 40.8 Å². The Kier molecular flexibility index (Phi) is 3.12. The summed E-state index contributed by atoms with van der Waals surface area (Å²) in [5.41, 5.74) is 7.36. The molecular formula is C14H8Cl2N2O2. The lowest BCUT2D eigenvalue weighted by molar-refractivity contribution is 0.100. The van der Waals surface area contributed by atoms with E-state index >= 15 is 0 Å². The molecule has 0 aliphatic carbocycles. The molecule has 20 heavy (non-hydrogen) atoms. The van der Waals surface area contributed by atoms with Gasteiger partial charge >= 0.3 is 0 Å². The molecule has 2 N–H and O–H groups in total. The van der Waals surface area contributed by atoms with Crippen molar-refractivity contribution < 1.29 is 9.21 Å². The summed E-state index contributed by atoms with van der Waals surface area (Å²) in [6.45, 7) is 0. The van der Waals surface area contributed by atoms with Crippen molar-refractivity contribution in [2.45, 2.75) is 0 Å². The van der Waals surface area contributed by atoms with Gasteiger partial charge in [-0.15, -0.1) is 0 Å². The molecule has 0 unspecified atom stereocenters. The van der Waals surface area contributed by atoms with Crippen LogP contribution in [0.1, 0.15) is 10.4 Å². The molecule has 2 aromatic carbocycles. The van der Waals surface area contributed by atoms with Crippen LogP contribution < -0.4 is 5.73 Å². The number of oxazole rings is 1. The molecular weight excluding hydrogens is 299 g/mol. The topological polar surface area (TPSA) is 69.1 Å². The van der Waals surface area contributed by atoms with Crippen LogP contribution in [0.2, 0.25) is 10.0 Å². The molecule has 0 fully saturated rings. The zero-order valence-corrected chi connectivity index (χ0v) is 11.6. The molecule has 0 radical (unpaired) electrons. The van der Waals surface area contributed by atoms with E-state index in [9.17, 15) is 4.79 Å². The lowest BCUT2D eigenvalue weighted by atomic mass is 10.2. The minimum Gasteiger partial charge on any atom is -0.436 e. The largest absolute Gasteiger partial charge is 0.436 e. The van der Waals surface area contributed by atoms with Gasteiger partial charge in [-0.2, -0.15) is 0 Å². The van der Waals surface area contributed by atoms with Crippen LogP contribution in [-0.2, 0) is 0 Å². The van der Waals surface area contributed by atoms with E-state index in [4.69, 9.17) is 33.4 Å². The molecule has 1 amide bonds. The minimum absolute atomic E-state index is 0.365. The highest BCUT2D eigenvalue weighted by Gasteiger charge is 2.11. The number of benzene rings is 2. The highest BCUT2D eigenvalue weighted by atomic mass is 35.5. The average molecular weight is 307 g/mol. The number of carbonyl (C=O) groups excluding carboxylic acids is 1. The number of hydrogen-bond donors (Lipinski definition) is 1. The maximum atomic E-state index is 11.1. The molecule has 0 saturated heterocycles. The fraction of sp³-hybridized carbons (Fsp3) is 0. The zero-order chi connectivity index (χ0) is 14.3. The van der Waals surface area contributed by atoms with Gasteiger partial charge in [0.05, 0.1) is 0 Å². The van der Waals surface area contributed by atoms with Crippen molar-refractivity contribution >= 4 is 40.2 Å². The molecule has 6 heteroatoms. The molecule has 4 nitrogen and oxygen atoms in total. The van der Waals surface area contributed by atoms with Crippen molar-refractivity contribution in [3.05, 3.63) is 52.0 Å². The van der Waals surface area contributed by atoms with Gasteiger partial charge in [0.2, 0.25) is 11.8 Å². The van der Waals surface area contributed by atoms with Crippen molar-refractivity contribution in [3.63, 3.8) is 0 Å². The van der Waals surface area contributed by atoms with Crippen LogP contribution in [0.25, 0.3) is 22.6 Å². The van der Waals surface area contributed by atoms with Gasteiger partial charge in [0.15, 0.2) is 5.58 Å². The van der Waals surface area contributed by atoms with Crippen LogP contribution in [0.4, 0.5) is 0 Å². The normalized spacial score (nSPS) is 10.9. The van der Waals surface area contributed by atoms with Gasteiger partial charge in [0.1, 0.15) is 5.52 Å². The third kappa shape index (κ3) is 2.35. The summed E-state index contributed by atoms with van der Waals surface area (Å²) in [6, 6.07) is 9.86. The lowest BCUT2D eigenvalue weighted by Crippen LogP contribution is -2.10. The molecule has 0 atom stereocenters. The summed E-state index contributed by atoms with van der Waals surface area (Å²) in [5.74, 6) is -0.137. The monoisotopic (exact) mass is 306 g/mol. The van der Waals surface area contributed by atoms with Crippen LogP contribution in [-0.4, -0.2) is 10.9 Å². The third-order valence-electron chi connectivity index (χ3n) is 2.78. The maximum Gasteiger partial charge on any atom is 0.248 e. The van der Waals surface area contributed by atoms with E-state index < -0.39 is 5.91 Å². The van der Waals surface area contributed by atoms with E-state index in [2.05, 4.69) is 4.98 Å². The van der Waals surface area contributed by atoms with Crippen molar-refractivity contribution in [2.75, 3.05) is 0 Å². The summed E-state index contributed by atoms with van der Waals surface area (Å²) in [6.07, 6.45) is 0. The van der Waals surface area contributed by atoms with E-state index in [0.29, 0.717) is 38.2 Å². The summed E-state index contributed by atoms with van der Waals surface area (Å²) < 4.78 is 5.62. The first-order valence-electron chi connectivity index (χ1n) is 5.70. The molecule has 1 aromatic heterocycles. The standard InChI is InChI=1S/C14H8Cl2N2O2/c15-9-3-8(4-10(16)6-9)14-18-11-2-1-7(13(17)19)5-12(11)20-14/h1-6H,(H2,17,19). The Morgan fingerprint density at radius 3 is 2.45 bits per heavy atom. The highest BCUT2D eigenvalue weighted by Crippen LogP contribution is 2.29. The number of amides is 1. The van der Waals surface area contributed by atoms with Crippen molar-refractivity contribution in [2.24, 2.45) is 5.73 Å². The first kappa shape index (κ1) is 13.0. The molecule has 0 aliphatic rings. The first-order valence-corrected chi connectivity index (χ1v) is 6.45. The van der Waals surface area contributed by atoms with Crippen LogP contribution >= 0.6 is 23.2 Å². The van der Waals surface area contributed by atoms with Gasteiger partial charge in [-0.3, -0.25) is 4.79 Å². The quantitative estimate of drug-likeness (QED) is 0.780. The van der Waals surface area contributed by atoms with Crippen LogP contribution in [0.5, 0.6) is 0 Å². The highest BCUT2D eigenvalue weighted by molar-refractivity contribution is 6.35. The molecule has 3 aromatic rings. The van der Waals surface area contributed by atoms with Gasteiger partial charge in [0, 0.05) is 21.2 Å². The molecule has 0 spiro atoms. The Bertz CT molecular complexity index is 807. The van der Waals surface area contributed by atoms with Gasteiger partial charge in [-0.25, -0.2) is 4.98 Å². The van der Waals surface area contributed by atoms with E-state index in [1.807, 2.05) is 0 Å². The summed E-state index contributed by atoms with van der Waals surface area (Å²) in [4.78, 5) is 15.5. The second-order valence-electron chi connectivity index (χ2n) is 4.22. The molecule has 0 aliphatic heterocycles. The second-order valence-corrected chi connectivity index (χ2v) is 5.10. The van der Waals surface area contributed by atoms with Gasteiger partial charge in [-0.05, 0) is 36.4 Å². The van der Waals surface area contributed by atoms with E-state index in [1.54, 1.807) is 36.4 Å². The number of hydrogen-bond acceptors (Lipinski definition) is 3. The molecule has 0 saturated carbocycles. The van der Waals surface area contributed by atoms with E-state index in [0.717, 1.165) is 0 Å². The van der Waals surface area contributed by atoms with Gasteiger partial charge < -0.3 is 10.2 Å². The molecule has 0 bridgehead atoms. The van der Waals surface area contributed by atoms with Crippen molar-refractivity contribution in [1.82, 2.24) is 4.98 Å². The van der Waals surface area contributed by atoms with Crippen molar-refractivity contribution in [1.29, 1.82) is 0 Å². The Balaban J connectivity index is 2.15. The summed E-state index contributed by atoms with van der Waals surface area (Å²) >= 11 is 11.9. The molecule has 100 valence electrons. The fourth-order valence-electron chi connectivity index (χ4n) is 1.88. The smallest absolute Gasteiger partial charge is 0.248 e. The predicted octanol–water partition coefficient (Wildman–Crippen LogP) is 3.90. The van der Waals surface area contributed by atoms with Gasteiger partial charge in [0.25, 0.3) is 0 Å². The Hall–Kier alpha value is -2.04. The number of rotatable bonds is 2. The summed E-state index contributed by atoms with van der Waals surface area (Å²) in [7, 11) is 0. The van der Waals surface area contributed by atoms with Crippen LogP contribution in [0, 0.1) is 0 Å². The number of aromatic nitrogens is 1. The fourth-order valence-corrected chi connectivity index (χ4v) is 2.40. The summed E-state index contributed by atoms with van der Waals surface area (Å²) in [5, 5.41) is 0.986. The van der Waals surface area contributed by atoms with E-state index in [1.165, 1.54) is 0 Å². The predicted molar refractivity (Wildman–Crippen MR) is 78.0 cm³/mol. The lowest BCUT2D eigenvalue weighted by Gasteiger charge is -1.97. The minimum atomic E-state index is -0.518. The van der Waals surface area contributed by atoms with Crippen LogP contribution in [0.3, 0.4) is 0 Å². The van der Waals surface area contributed by atoms with E-state index in [-0.39, 0.29) is 0 Å². The molecule has 3 rings (SSSR count). The Labute approximate surface area is 124 Å². The number of nitrogens with two attached hydrogens (primary N) is 1. The molecule has 1 heterocycles. The first-order chi connectivity index (χ1) is 9.52. The second kappa shape index (κ2) is 4.81. The number of nitrogens with zero attached hydrogens (tertiary/aromatic N) is 1. The number of halogens is 2. The zero-order valence-electron chi connectivity index (χ0n) is 10.1. The number of primary amides is 1.